The van der Waals surface area contributed by atoms with Gasteiger partial charge in [0, 0.05) is 19.8 Å². The Labute approximate surface area is 133 Å². The van der Waals surface area contributed by atoms with E-state index < -0.39 is 11.8 Å². The molecule has 0 saturated carbocycles. The van der Waals surface area contributed by atoms with Crippen molar-refractivity contribution in [3.8, 4) is 0 Å². The number of pyridine rings is 1. The highest BCUT2D eigenvalue weighted by Gasteiger charge is 2.23. The number of nitrogens with zero attached hydrogens (tertiary/aromatic N) is 2. The van der Waals surface area contributed by atoms with Crippen LogP contribution in [0.1, 0.15) is 22.8 Å². The molecule has 4 nitrogen and oxygen atoms in total. The van der Waals surface area contributed by atoms with Gasteiger partial charge in [-0.15, -0.1) is 0 Å². The summed E-state index contributed by atoms with van der Waals surface area (Å²) in [5.74, 6) is -1.36. The Morgan fingerprint density at radius 2 is 2.05 bits per heavy atom. The maximum absolute atomic E-state index is 14.4. The summed E-state index contributed by atoms with van der Waals surface area (Å²) < 4.78 is 19.3. The van der Waals surface area contributed by atoms with Gasteiger partial charge in [0.1, 0.15) is 5.56 Å². The largest absolute Gasteiger partial charge is 0.462 e. The van der Waals surface area contributed by atoms with E-state index in [0.717, 1.165) is 5.56 Å². The molecule has 0 atom stereocenters. The van der Waals surface area contributed by atoms with Gasteiger partial charge < -0.3 is 9.64 Å². The number of carbonyl (C=O) groups excluding carboxylic acids is 1. The van der Waals surface area contributed by atoms with Crippen LogP contribution in [0, 0.1) is 5.82 Å². The van der Waals surface area contributed by atoms with Crippen LogP contribution in [0.5, 0.6) is 0 Å². The molecule has 0 bridgehead atoms. The Bertz CT molecular complexity index is 665. The first-order chi connectivity index (χ1) is 10.5. The summed E-state index contributed by atoms with van der Waals surface area (Å²) in [4.78, 5) is 17.3. The molecule has 0 fully saturated rings. The number of carbonyl (C=O) groups is 1. The van der Waals surface area contributed by atoms with Crippen LogP contribution >= 0.6 is 11.6 Å². The minimum Gasteiger partial charge on any atom is -0.462 e. The van der Waals surface area contributed by atoms with Gasteiger partial charge in [-0.25, -0.2) is 14.2 Å². The van der Waals surface area contributed by atoms with E-state index in [1.165, 1.54) is 6.20 Å². The number of aromatic nitrogens is 1. The van der Waals surface area contributed by atoms with Gasteiger partial charge in [0.25, 0.3) is 0 Å². The lowest BCUT2D eigenvalue weighted by molar-refractivity contribution is 0.0526. The molecule has 0 spiro atoms. The maximum atomic E-state index is 14.4. The summed E-state index contributed by atoms with van der Waals surface area (Å²) >= 11 is 5.75. The van der Waals surface area contributed by atoms with E-state index in [1.54, 1.807) is 18.9 Å². The maximum Gasteiger partial charge on any atom is 0.341 e. The highest BCUT2D eigenvalue weighted by Crippen LogP contribution is 2.29. The Morgan fingerprint density at radius 1 is 1.36 bits per heavy atom. The fourth-order valence-corrected chi connectivity index (χ4v) is 2.26. The second kappa shape index (κ2) is 7.22. The van der Waals surface area contributed by atoms with E-state index in [4.69, 9.17) is 16.3 Å². The van der Waals surface area contributed by atoms with Crippen LogP contribution < -0.4 is 4.90 Å². The van der Waals surface area contributed by atoms with Crippen LogP contribution in [0.4, 0.5) is 10.1 Å². The zero-order valence-electron chi connectivity index (χ0n) is 12.3. The summed E-state index contributed by atoms with van der Waals surface area (Å²) in [5.41, 5.74) is 1.12. The van der Waals surface area contributed by atoms with Gasteiger partial charge in [-0.2, -0.15) is 0 Å². The summed E-state index contributed by atoms with van der Waals surface area (Å²) in [5, 5.41) is -0.275. The standard InChI is InChI=1S/C16H16ClFN2O2/c1-3-22-16(21)12-9-19-15(17)13(18)14(12)20(2)10-11-7-5-4-6-8-11/h4-9H,3,10H2,1-2H3. The molecule has 1 heterocycles. The Balaban J connectivity index is 2.39. The second-order valence-electron chi connectivity index (χ2n) is 4.69. The summed E-state index contributed by atoms with van der Waals surface area (Å²) in [6.07, 6.45) is 1.24. The number of benzene rings is 1. The highest BCUT2D eigenvalue weighted by molar-refractivity contribution is 6.30. The molecule has 116 valence electrons. The van der Waals surface area contributed by atoms with Crippen LogP contribution in [-0.2, 0) is 11.3 Å². The zero-order chi connectivity index (χ0) is 16.1. The van der Waals surface area contributed by atoms with Crippen molar-refractivity contribution in [1.82, 2.24) is 4.98 Å². The normalized spacial score (nSPS) is 10.4. The molecular weight excluding hydrogens is 307 g/mol. The lowest BCUT2D eigenvalue weighted by atomic mass is 10.1. The number of halogens is 2. The number of hydrogen-bond acceptors (Lipinski definition) is 4. The van der Waals surface area contributed by atoms with Gasteiger partial charge in [0.05, 0.1) is 12.3 Å². The van der Waals surface area contributed by atoms with Gasteiger partial charge in [-0.3, -0.25) is 0 Å². The Kier molecular flexibility index (Phi) is 5.33. The van der Waals surface area contributed by atoms with Crippen LogP contribution in [-0.4, -0.2) is 24.6 Å². The quantitative estimate of drug-likeness (QED) is 0.622. The average Bonchev–Trinajstić information content (AvgIpc) is 2.50. The molecule has 6 heteroatoms. The van der Waals surface area contributed by atoms with Crippen molar-refractivity contribution in [2.45, 2.75) is 13.5 Å². The van der Waals surface area contributed by atoms with Gasteiger partial charge in [0.2, 0.25) is 0 Å². The third-order valence-electron chi connectivity index (χ3n) is 3.09. The van der Waals surface area contributed by atoms with Crippen LogP contribution in [0.2, 0.25) is 5.15 Å². The Hall–Kier alpha value is -2.14. The van der Waals surface area contributed by atoms with Crippen molar-refractivity contribution in [2.75, 3.05) is 18.6 Å². The van der Waals surface area contributed by atoms with Crippen molar-refractivity contribution in [1.29, 1.82) is 0 Å². The van der Waals surface area contributed by atoms with E-state index in [0.29, 0.717) is 6.54 Å². The minimum absolute atomic E-state index is 0.0576. The predicted molar refractivity (Wildman–Crippen MR) is 83.7 cm³/mol. The molecule has 2 aromatic rings. The first kappa shape index (κ1) is 16.2. The number of anilines is 1. The van der Waals surface area contributed by atoms with Crippen molar-refractivity contribution in [3.05, 3.63) is 58.6 Å². The highest BCUT2D eigenvalue weighted by atomic mass is 35.5. The van der Waals surface area contributed by atoms with Crippen molar-refractivity contribution in [3.63, 3.8) is 0 Å². The molecule has 0 N–H and O–H groups in total. The minimum atomic E-state index is -0.731. The molecule has 0 unspecified atom stereocenters. The second-order valence-corrected chi connectivity index (χ2v) is 5.05. The van der Waals surface area contributed by atoms with Gasteiger partial charge in [-0.1, -0.05) is 41.9 Å². The lowest BCUT2D eigenvalue weighted by Crippen LogP contribution is -2.22. The molecule has 0 saturated heterocycles. The number of rotatable bonds is 5. The first-order valence-electron chi connectivity index (χ1n) is 6.80. The SMILES string of the molecule is CCOC(=O)c1cnc(Cl)c(F)c1N(C)Cc1ccccc1. The summed E-state index contributed by atoms with van der Waals surface area (Å²) in [7, 11) is 1.68. The van der Waals surface area contributed by atoms with E-state index in [-0.39, 0.29) is 23.0 Å². The van der Waals surface area contributed by atoms with E-state index in [9.17, 15) is 9.18 Å². The van der Waals surface area contributed by atoms with E-state index >= 15 is 0 Å². The fraction of sp³-hybridized carbons (Fsp3) is 0.250. The van der Waals surface area contributed by atoms with E-state index in [1.807, 2.05) is 30.3 Å². The monoisotopic (exact) mass is 322 g/mol. The molecule has 1 aromatic heterocycles. The predicted octanol–water partition coefficient (Wildman–Crippen LogP) is 3.69. The number of ether oxygens (including phenoxy) is 1. The topological polar surface area (TPSA) is 42.4 Å². The van der Waals surface area contributed by atoms with Gasteiger partial charge in [0.15, 0.2) is 11.0 Å². The molecule has 0 aliphatic carbocycles. The summed E-state index contributed by atoms with van der Waals surface area (Å²) in [6, 6.07) is 9.52. The van der Waals surface area contributed by atoms with Crippen molar-refractivity contribution >= 4 is 23.3 Å². The number of hydrogen-bond donors (Lipinski definition) is 0. The molecule has 2 rings (SSSR count). The van der Waals surface area contributed by atoms with Gasteiger partial charge in [-0.05, 0) is 12.5 Å². The first-order valence-corrected chi connectivity index (χ1v) is 7.18. The molecule has 1 aromatic carbocycles. The van der Waals surface area contributed by atoms with Crippen molar-refractivity contribution in [2.24, 2.45) is 0 Å². The third kappa shape index (κ3) is 3.54. The Morgan fingerprint density at radius 3 is 2.68 bits per heavy atom. The average molecular weight is 323 g/mol. The van der Waals surface area contributed by atoms with E-state index in [2.05, 4.69) is 4.98 Å². The van der Waals surface area contributed by atoms with Crippen LogP contribution in [0.25, 0.3) is 0 Å². The smallest absolute Gasteiger partial charge is 0.341 e. The molecular formula is C16H16ClFN2O2. The lowest BCUT2D eigenvalue weighted by Gasteiger charge is -2.22. The van der Waals surface area contributed by atoms with Gasteiger partial charge >= 0.3 is 5.97 Å². The van der Waals surface area contributed by atoms with Crippen molar-refractivity contribution < 1.29 is 13.9 Å². The fourth-order valence-electron chi connectivity index (χ4n) is 2.12. The zero-order valence-corrected chi connectivity index (χ0v) is 13.1. The van der Waals surface area contributed by atoms with Crippen LogP contribution in [0.3, 0.4) is 0 Å². The van der Waals surface area contributed by atoms with Crippen LogP contribution in [0.15, 0.2) is 36.5 Å². The molecule has 0 aliphatic heterocycles. The summed E-state index contributed by atoms with van der Waals surface area (Å²) in [6.45, 7) is 2.31. The molecule has 0 aliphatic rings. The molecule has 0 amide bonds. The third-order valence-corrected chi connectivity index (χ3v) is 3.35. The molecule has 0 radical (unpaired) electrons. The molecule has 22 heavy (non-hydrogen) atoms. The number of esters is 1.